The first-order valence-electron chi connectivity index (χ1n) is 9.10. The number of methoxy groups -OCH3 is 1. The molecule has 6 nitrogen and oxygen atoms in total. The molecule has 0 aliphatic carbocycles. The van der Waals surface area contributed by atoms with E-state index in [1.807, 2.05) is 24.3 Å². The number of hydrogen-bond donors (Lipinski definition) is 1. The van der Waals surface area contributed by atoms with Gasteiger partial charge < -0.3 is 10.1 Å². The number of anilines is 1. The van der Waals surface area contributed by atoms with Crippen LogP contribution in [0, 0.1) is 6.92 Å². The smallest absolute Gasteiger partial charge is 0.225 e. The molecule has 0 unspecified atom stereocenters. The molecule has 0 spiro atoms. The van der Waals surface area contributed by atoms with Gasteiger partial charge in [0.1, 0.15) is 5.75 Å². The average molecular weight is 425 g/mol. The van der Waals surface area contributed by atoms with Crippen LogP contribution in [0.25, 0.3) is 16.2 Å². The van der Waals surface area contributed by atoms with Gasteiger partial charge in [-0.25, -0.2) is 0 Å². The van der Waals surface area contributed by atoms with Crippen LogP contribution in [-0.2, 0) is 4.79 Å². The Labute approximate surface area is 176 Å². The fourth-order valence-corrected chi connectivity index (χ4v) is 4.63. The van der Waals surface area contributed by atoms with E-state index < -0.39 is 0 Å². The highest BCUT2D eigenvalue weighted by atomic mass is 32.2. The van der Waals surface area contributed by atoms with Crippen molar-refractivity contribution in [1.82, 2.24) is 14.6 Å². The maximum atomic E-state index is 12.2. The molecule has 2 aromatic carbocycles. The van der Waals surface area contributed by atoms with Crippen molar-refractivity contribution in [3.05, 3.63) is 59.5 Å². The van der Waals surface area contributed by atoms with Crippen molar-refractivity contribution < 1.29 is 9.53 Å². The number of ether oxygens (including phenoxy) is 1. The number of aromatic nitrogens is 3. The second-order valence-electron chi connectivity index (χ2n) is 6.46. The molecule has 0 bridgehead atoms. The fraction of sp³-hybridized carbons (Fsp3) is 0.190. The second-order valence-corrected chi connectivity index (χ2v) is 8.36. The van der Waals surface area contributed by atoms with Crippen LogP contribution < -0.4 is 10.1 Å². The quantitative estimate of drug-likeness (QED) is 0.428. The number of thiazole rings is 1. The monoisotopic (exact) mass is 424 g/mol. The molecule has 0 atom stereocenters. The molecule has 0 aliphatic rings. The largest absolute Gasteiger partial charge is 0.497 e. The predicted octanol–water partition coefficient (Wildman–Crippen LogP) is 4.90. The molecule has 29 heavy (non-hydrogen) atoms. The van der Waals surface area contributed by atoms with Gasteiger partial charge in [-0.05, 0) is 36.8 Å². The topological polar surface area (TPSA) is 68.5 Å². The predicted molar refractivity (Wildman–Crippen MR) is 118 cm³/mol. The van der Waals surface area contributed by atoms with Gasteiger partial charge >= 0.3 is 0 Å². The van der Waals surface area contributed by atoms with Gasteiger partial charge in [0.25, 0.3) is 0 Å². The first-order valence-corrected chi connectivity index (χ1v) is 11.0. The molecule has 4 rings (SSSR count). The number of benzene rings is 2. The molecule has 0 radical (unpaired) electrons. The summed E-state index contributed by atoms with van der Waals surface area (Å²) in [7, 11) is 1.62. The Morgan fingerprint density at radius 3 is 2.62 bits per heavy atom. The van der Waals surface area contributed by atoms with Crippen LogP contribution in [-0.4, -0.2) is 33.4 Å². The Bertz CT molecular complexity index is 1120. The molecule has 0 saturated carbocycles. The molecular formula is C21H20N4O2S2. The summed E-state index contributed by atoms with van der Waals surface area (Å²) in [5.41, 5.74) is 4.17. The van der Waals surface area contributed by atoms with Crippen LogP contribution in [0.3, 0.4) is 0 Å². The van der Waals surface area contributed by atoms with Crippen molar-refractivity contribution in [2.75, 3.05) is 18.2 Å². The summed E-state index contributed by atoms with van der Waals surface area (Å²) in [6.45, 7) is 2.07. The van der Waals surface area contributed by atoms with Crippen molar-refractivity contribution in [1.29, 1.82) is 0 Å². The maximum absolute atomic E-state index is 12.2. The summed E-state index contributed by atoms with van der Waals surface area (Å²) < 4.78 is 7.18. The molecule has 1 N–H and O–H groups in total. The van der Waals surface area contributed by atoms with E-state index in [0.29, 0.717) is 12.2 Å². The molecular weight excluding hydrogens is 404 g/mol. The highest BCUT2D eigenvalue weighted by Gasteiger charge is 2.14. The lowest BCUT2D eigenvalue weighted by Crippen LogP contribution is -2.12. The van der Waals surface area contributed by atoms with Crippen molar-refractivity contribution >= 4 is 39.7 Å². The number of nitrogens with zero attached hydrogens (tertiary/aromatic N) is 3. The zero-order valence-corrected chi connectivity index (χ0v) is 17.7. The Hall–Kier alpha value is -2.84. The van der Waals surface area contributed by atoms with Gasteiger partial charge in [-0.1, -0.05) is 41.6 Å². The lowest BCUT2D eigenvalue weighted by atomic mass is 10.1. The van der Waals surface area contributed by atoms with Gasteiger partial charge in [0.2, 0.25) is 10.9 Å². The van der Waals surface area contributed by atoms with Gasteiger partial charge in [0.05, 0.1) is 12.8 Å². The number of thioether (sulfide) groups is 1. The number of nitrogens with one attached hydrogen (secondary N) is 1. The number of carbonyl (C=O) groups excluding carboxylic acids is 1. The minimum absolute atomic E-state index is 0.0347. The lowest BCUT2D eigenvalue weighted by molar-refractivity contribution is -0.115. The zero-order chi connectivity index (χ0) is 20.2. The van der Waals surface area contributed by atoms with Crippen molar-refractivity contribution in [2.24, 2.45) is 0 Å². The molecule has 0 saturated heterocycles. The lowest BCUT2D eigenvalue weighted by Gasteiger charge is -2.06. The molecule has 2 heterocycles. The maximum Gasteiger partial charge on any atom is 0.225 e. The molecule has 8 heteroatoms. The number of rotatable bonds is 7. The van der Waals surface area contributed by atoms with Crippen molar-refractivity contribution in [2.45, 2.75) is 18.5 Å². The van der Waals surface area contributed by atoms with E-state index in [1.165, 1.54) is 17.3 Å². The van der Waals surface area contributed by atoms with E-state index in [-0.39, 0.29) is 5.91 Å². The second kappa shape index (κ2) is 8.67. The van der Waals surface area contributed by atoms with Crippen molar-refractivity contribution in [3.63, 3.8) is 0 Å². The fourth-order valence-electron chi connectivity index (χ4n) is 2.85. The number of hydrogen-bond acceptors (Lipinski definition) is 6. The summed E-state index contributed by atoms with van der Waals surface area (Å²) in [5, 5.41) is 14.4. The number of fused-ring (bicyclic) bond motifs is 1. The van der Waals surface area contributed by atoms with E-state index >= 15 is 0 Å². The van der Waals surface area contributed by atoms with E-state index in [0.717, 1.165) is 32.8 Å². The Kier molecular flexibility index (Phi) is 5.82. The SMILES string of the molecule is COc1ccc(NC(=O)CCSc2nnc3scc(-c4ccc(C)cc4)n23)cc1. The standard InChI is InChI=1S/C21H20N4O2S2/c1-14-3-5-15(6-4-14)18-13-29-21-24-23-20(25(18)21)28-12-11-19(26)22-16-7-9-17(27-2)10-8-16/h3-10,13H,11-12H2,1-2H3,(H,22,26). The molecule has 0 aliphatic heterocycles. The number of aryl methyl sites for hydroxylation is 1. The van der Waals surface area contributed by atoms with Crippen LogP contribution in [0.5, 0.6) is 5.75 Å². The highest BCUT2D eigenvalue weighted by molar-refractivity contribution is 7.99. The normalized spacial score (nSPS) is 11.0. The summed E-state index contributed by atoms with van der Waals surface area (Å²) in [6, 6.07) is 15.7. The van der Waals surface area contributed by atoms with E-state index in [1.54, 1.807) is 18.4 Å². The first-order chi connectivity index (χ1) is 14.1. The van der Waals surface area contributed by atoms with E-state index in [9.17, 15) is 4.79 Å². The van der Waals surface area contributed by atoms with Crippen LogP contribution in [0.4, 0.5) is 5.69 Å². The third kappa shape index (κ3) is 4.44. The third-order valence-electron chi connectivity index (χ3n) is 4.40. The van der Waals surface area contributed by atoms with E-state index in [4.69, 9.17) is 4.74 Å². The van der Waals surface area contributed by atoms with E-state index in [2.05, 4.69) is 56.5 Å². The van der Waals surface area contributed by atoms with Gasteiger partial charge in [-0.15, -0.1) is 21.5 Å². The zero-order valence-electron chi connectivity index (χ0n) is 16.1. The van der Waals surface area contributed by atoms with Crippen LogP contribution in [0.15, 0.2) is 59.1 Å². The minimum atomic E-state index is -0.0347. The van der Waals surface area contributed by atoms with Gasteiger partial charge in [-0.2, -0.15) is 0 Å². The van der Waals surface area contributed by atoms with Gasteiger partial charge in [-0.3, -0.25) is 9.20 Å². The first kappa shape index (κ1) is 19.5. The van der Waals surface area contributed by atoms with Crippen LogP contribution in [0.1, 0.15) is 12.0 Å². The Morgan fingerprint density at radius 1 is 1.14 bits per heavy atom. The summed E-state index contributed by atoms with van der Waals surface area (Å²) >= 11 is 3.10. The summed E-state index contributed by atoms with van der Waals surface area (Å²) in [5.74, 6) is 1.34. The molecule has 4 aromatic rings. The van der Waals surface area contributed by atoms with Crippen LogP contribution >= 0.6 is 23.1 Å². The van der Waals surface area contributed by atoms with Gasteiger partial charge in [0, 0.05) is 23.2 Å². The number of carbonyl (C=O) groups is 1. The number of amides is 1. The van der Waals surface area contributed by atoms with Gasteiger partial charge in [0.15, 0.2) is 5.16 Å². The molecule has 148 valence electrons. The summed E-state index contributed by atoms with van der Waals surface area (Å²) in [6.07, 6.45) is 0.385. The molecule has 1 amide bonds. The Balaban J connectivity index is 1.40. The Morgan fingerprint density at radius 2 is 1.90 bits per heavy atom. The highest BCUT2D eigenvalue weighted by Crippen LogP contribution is 2.30. The average Bonchev–Trinajstić information content (AvgIpc) is 3.32. The minimum Gasteiger partial charge on any atom is -0.497 e. The molecule has 2 aromatic heterocycles. The third-order valence-corrected chi connectivity index (χ3v) is 6.15. The molecule has 0 fully saturated rings. The summed E-state index contributed by atoms with van der Waals surface area (Å²) in [4.78, 5) is 13.1. The van der Waals surface area contributed by atoms with Crippen molar-refractivity contribution in [3.8, 4) is 17.0 Å². The van der Waals surface area contributed by atoms with Crippen LogP contribution in [0.2, 0.25) is 0 Å².